The van der Waals surface area contributed by atoms with Crippen LogP contribution in [0.15, 0.2) is 5.11 Å². The molecule has 1 fully saturated rings. The molecular formula is C13H19N3O8. The zero-order chi connectivity index (χ0) is 18.3. The molecule has 0 radical (unpaired) electrons. The van der Waals surface area contributed by atoms with Gasteiger partial charge in [0.05, 0.1) is 6.54 Å². The van der Waals surface area contributed by atoms with Gasteiger partial charge in [-0.1, -0.05) is 5.11 Å². The van der Waals surface area contributed by atoms with Crippen LogP contribution in [0.25, 0.3) is 10.4 Å². The van der Waals surface area contributed by atoms with Crippen molar-refractivity contribution >= 4 is 17.9 Å². The van der Waals surface area contributed by atoms with E-state index in [0.29, 0.717) is 0 Å². The van der Waals surface area contributed by atoms with Crippen molar-refractivity contribution in [2.75, 3.05) is 13.7 Å². The smallest absolute Gasteiger partial charge is 0.303 e. The highest BCUT2D eigenvalue weighted by Crippen LogP contribution is 2.29. The van der Waals surface area contributed by atoms with Crippen LogP contribution < -0.4 is 0 Å². The summed E-state index contributed by atoms with van der Waals surface area (Å²) in [7, 11) is 1.29. The minimum absolute atomic E-state index is 0.209. The predicted octanol–water partition coefficient (Wildman–Crippen LogP) is 0.463. The van der Waals surface area contributed by atoms with Gasteiger partial charge in [-0.05, 0) is 5.53 Å². The van der Waals surface area contributed by atoms with Crippen molar-refractivity contribution in [3.8, 4) is 0 Å². The summed E-state index contributed by atoms with van der Waals surface area (Å²) < 4.78 is 26.1. The van der Waals surface area contributed by atoms with Crippen LogP contribution in [0.4, 0.5) is 0 Å². The van der Waals surface area contributed by atoms with Gasteiger partial charge >= 0.3 is 17.9 Å². The van der Waals surface area contributed by atoms with Crippen molar-refractivity contribution in [2.45, 2.75) is 51.5 Å². The van der Waals surface area contributed by atoms with Crippen molar-refractivity contribution in [1.29, 1.82) is 0 Å². The largest absolute Gasteiger partial charge is 0.456 e. The third-order valence-electron chi connectivity index (χ3n) is 3.05. The molecule has 0 aromatic rings. The maximum Gasteiger partial charge on any atom is 0.303 e. The number of esters is 3. The lowest BCUT2D eigenvalue weighted by Gasteiger charge is -2.43. The first-order valence-electron chi connectivity index (χ1n) is 7.01. The fourth-order valence-electron chi connectivity index (χ4n) is 2.31. The van der Waals surface area contributed by atoms with Crippen molar-refractivity contribution in [1.82, 2.24) is 0 Å². The Bertz CT molecular complexity index is 533. The fourth-order valence-corrected chi connectivity index (χ4v) is 2.31. The van der Waals surface area contributed by atoms with Crippen molar-refractivity contribution in [2.24, 2.45) is 5.11 Å². The molecule has 24 heavy (non-hydrogen) atoms. The normalized spacial score (nSPS) is 29.1. The topological polar surface area (TPSA) is 146 Å². The average molecular weight is 345 g/mol. The third kappa shape index (κ3) is 5.37. The second-order valence-electron chi connectivity index (χ2n) is 4.91. The van der Waals surface area contributed by atoms with Crippen LogP contribution in [0.3, 0.4) is 0 Å². The molecule has 1 aliphatic rings. The Hall–Kier alpha value is -2.36. The lowest BCUT2D eigenvalue weighted by molar-refractivity contribution is -0.296. The van der Waals surface area contributed by atoms with Crippen molar-refractivity contribution in [3.63, 3.8) is 0 Å². The van der Waals surface area contributed by atoms with E-state index in [4.69, 9.17) is 29.2 Å². The molecule has 5 atom stereocenters. The van der Waals surface area contributed by atoms with Crippen molar-refractivity contribution < 1.29 is 38.1 Å². The molecule has 0 saturated carbocycles. The molecule has 134 valence electrons. The second-order valence-corrected chi connectivity index (χ2v) is 4.91. The van der Waals surface area contributed by atoms with Gasteiger partial charge < -0.3 is 23.7 Å². The standard InChI is InChI=1S/C13H19N3O8/c1-6(17)21-10-9(5-15-16-14)24-13(20-4)12(23-8(3)19)11(10)22-7(2)18/h9-13H,5H2,1-4H3/t9-,10-,11+,12-,13+/m0/s1. The molecule has 0 aromatic heterocycles. The first kappa shape index (κ1) is 19.7. The van der Waals surface area contributed by atoms with Crippen molar-refractivity contribution in [3.05, 3.63) is 10.4 Å². The van der Waals surface area contributed by atoms with Gasteiger partial charge in [-0.25, -0.2) is 0 Å². The minimum atomic E-state index is -1.19. The highest BCUT2D eigenvalue weighted by molar-refractivity contribution is 5.68. The number of nitrogens with zero attached hydrogens (tertiary/aromatic N) is 3. The molecule has 11 nitrogen and oxygen atoms in total. The van der Waals surface area contributed by atoms with Crippen LogP contribution in [0, 0.1) is 0 Å². The van der Waals surface area contributed by atoms with Gasteiger partial charge in [0.15, 0.2) is 24.6 Å². The number of carbonyl (C=O) groups excluding carboxylic acids is 3. The van der Waals surface area contributed by atoms with Crippen LogP contribution in [-0.4, -0.2) is 62.3 Å². The summed E-state index contributed by atoms with van der Waals surface area (Å²) in [5, 5.41) is 3.38. The summed E-state index contributed by atoms with van der Waals surface area (Å²) in [5.41, 5.74) is 8.48. The summed E-state index contributed by atoms with van der Waals surface area (Å²) in [4.78, 5) is 36.8. The van der Waals surface area contributed by atoms with E-state index in [-0.39, 0.29) is 6.54 Å². The molecule has 1 heterocycles. The highest BCUT2D eigenvalue weighted by Gasteiger charge is 2.51. The van der Waals surface area contributed by atoms with Crippen LogP contribution in [0.1, 0.15) is 20.8 Å². The number of rotatable bonds is 6. The number of hydrogen-bond acceptors (Lipinski definition) is 9. The number of azide groups is 1. The van der Waals surface area contributed by atoms with E-state index in [0.717, 1.165) is 20.8 Å². The number of carbonyl (C=O) groups is 3. The van der Waals surface area contributed by atoms with Gasteiger partial charge in [0.25, 0.3) is 0 Å². The number of methoxy groups -OCH3 is 1. The van der Waals surface area contributed by atoms with Crippen LogP contribution in [0.5, 0.6) is 0 Å². The lowest BCUT2D eigenvalue weighted by atomic mass is 9.98. The van der Waals surface area contributed by atoms with E-state index < -0.39 is 48.6 Å². The summed E-state index contributed by atoms with van der Waals surface area (Å²) >= 11 is 0. The van der Waals surface area contributed by atoms with Gasteiger partial charge in [-0.2, -0.15) is 0 Å². The first-order valence-corrected chi connectivity index (χ1v) is 7.01. The molecule has 0 amide bonds. The molecule has 1 aliphatic heterocycles. The molecule has 11 heteroatoms. The Morgan fingerprint density at radius 2 is 1.50 bits per heavy atom. The van der Waals surface area contributed by atoms with E-state index in [1.807, 2.05) is 0 Å². The molecule has 0 spiro atoms. The zero-order valence-corrected chi connectivity index (χ0v) is 13.7. The van der Waals surface area contributed by atoms with E-state index >= 15 is 0 Å². The van der Waals surface area contributed by atoms with Gasteiger partial charge in [-0.3, -0.25) is 14.4 Å². The van der Waals surface area contributed by atoms with Gasteiger partial charge in [0.1, 0.15) is 6.10 Å². The number of ether oxygens (including phenoxy) is 5. The Morgan fingerprint density at radius 1 is 1.00 bits per heavy atom. The zero-order valence-electron chi connectivity index (χ0n) is 13.7. The second kappa shape index (κ2) is 9.06. The lowest BCUT2D eigenvalue weighted by Crippen LogP contribution is -2.62. The molecule has 0 N–H and O–H groups in total. The third-order valence-corrected chi connectivity index (χ3v) is 3.05. The number of hydrogen-bond donors (Lipinski definition) is 0. The Kier molecular flexibility index (Phi) is 7.43. The molecule has 1 saturated heterocycles. The summed E-state index contributed by atoms with van der Waals surface area (Å²) in [5.74, 6) is -2.03. The Morgan fingerprint density at radius 3 is 1.96 bits per heavy atom. The summed E-state index contributed by atoms with van der Waals surface area (Å²) in [6.07, 6.45) is -5.56. The quantitative estimate of drug-likeness (QED) is 0.222. The van der Waals surface area contributed by atoms with E-state index in [9.17, 15) is 14.4 Å². The monoisotopic (exact) mass is 345 g/mol. The van der Waals surface area contributed by atoms with Gasteiger partial charge in [0.2, 0.25) is 0 Å². The summed E-state index contributed by atoms with van der Waals surface area (Å²) in [6.45, 7) is 3.25. The molecule has 0 unspecified atom stereocenters. The Labute approximate surface area is 137 Å². The van der Waals surface area contributed by atoms with Crippen LogP contribution in [-0.2, 0) is 38.1 Å². The SMILES string of the molecule is CO[C@@H]1O[C@@H](CN=[N+]=[N-])[C@H](OC(C)=O)[C@@H](OC(C)=O)[C@@H]1OC(C)=O. The van der Waals surface area contributed by atoms with Gasteiger partial charge in [0, 0.05) is 32.8 Å². The minimum Gasteiger partial charge on any atom is -0.456 e. The maximum absolute atomic E-state index is 11.4. The molecular weight excluding hydrogens is 326 g/mol. The fraction of sp³-hybridized carbons (Fsp3) is 0.769. The van der Waals surface area contributed by atoms with E-state index in [2.05, 4.69) is 10.0 Å². The molecule has 1 rings (SSSR count). The van der Waals surface area contributed by atoms with E-state index in [1.165, 1.54) is 7.11 Å². The van der Waals surface area contributed by atoms with E-state index in [1.54, 1.807) is 0 Å². The van der Waals surface area contributed by atoms with Crippen LogP contribution >= 0.6 is 0 Å². The van der Waals surface area contributed by atoms with Crippen LogP contribution in [0.2, 0.25) is 0 Å². The Balaban J connectivity index is 3.22. The maximum atomic E-state index is 11.4. The molecule has 0 aromatic carbocycles. The predicted molar refractivity (Wildman–Crippen MR) is 76.3 cm³/mol. The van der Waals surface area contributed by atoms with Gasteiger partial charge in [-0.15, -0.1) is 0 Å². The summed E-state index contributed by atoms with van der Waals surface area (Å²) in [6, 6.07) is 0. The first-order chi connectivity index (χ1) is 11.3. The molecule has 0 aliphatic carbocycles. The molecule has 0 bridgehead atoms. The average Bonchev–Trinajstić information content (AvgIpc) is 2.48. The highest BCUT2D eigenvalue weighted by atomic mass is 16.7.